The molecule has 0 atom stereocenters. The molecule has 1 aromatic rings. The Morgan fingerprint density at radius 1 is 1.29 bits per heavy atom. The van der Waals surface area contributed by atoms with Crippen LogP contribution < -0.4 is 5.32 Å². The van der Waals surface area contributed by atoms with Gasteiger partial charge in [-0.2, -0.15) is 0 Å². The number of ketones is 1. The third-order valence-corrected chi connectivity index (χ3v) is 2.13. The Bertz CT molecular complexity index is 483. The van der Waals surface area contributed by atoms with Crippen molar-refractivity contribution in [1.29, 1.82) is 0 Å². The first kappa shape index (κ1) is 13.0. The maximum Gasteiger partial charge on any atom is 0.244 e. The Labute approximate surface area is 104 Å². The Hall–Kier alpha value is -2.05. The molecule has 1 N–H and O–H groups in total. The molecule has 0 fully saturated rings. The standard InChI is InChI=1S/C13H10ClNO2/c1-2-9-15-13(17)8-7-12(16)10-3-5-11(14)6-4-10/h1,3-8H,9H2,(H,15,17)/b8-7-. The Morgan fingerprint density at radius 3 is 2.53 bits per heavy atom. The van der Waals surface area contributed by atoms with E-state index >= 15 is 0 Å². The first-order chi connectivity index (χ1) is 8.13. The molecule has 1 aromatic carbocycles. The molecule has 0 aromatic heterocycles. The van der Waals surface area contributed by atoms with Crippen LogP contribution in [0.25, 0.3) is 0 Å². The van der Waals surface area contributed by atoms with Crippen molar-refractivity contribution in [1.82, 2.24) is 5.32 Å². The van der Waals surface area contributed by atoms with E-state index in [1.165, 1.54) is 6.08 Å². The molecule has 17 heavy (non-hydrogen) atoms. The highest BCUT2D eigenvalue weighted by Gasteiger charge is 2.02. The van der Waals surface area contributed by atoms with Crippen LogP contribution in [0.1, 0.15) is 10.4 Å². The second-order valence-electron chi connectivity index (χ2n) is 3.13. The summed E-state index contributed by atoms with van der Waals surface area (Å²) < 4.78 is 0. The minimum atomic E-state index is -0.398. The lowest BCUT2D eigenvalue weighted by Crippen LogP contribution is -2.21. The van der Waals surface area contributed by atoms with Gasteiger partial charge in [0.25, 0.3) is 0 Å². The molecule has 0 aliphatic rings. The number of amides is 1. The second kappa shape index (κ2) is 6.51. The molecule has 1 amide bonds. The first-order valence-corrected chi connectivity index (χ1v) is 5.20. The van der Waals surface area contributed by atoms with Crippen LogP contribution in [0.4, 0.5) is 0 Å². The second-order valence-corrected chi connectivity index (χ2v) is 3.56. The molecule has 1 rings (SSSR count). The van der Waals surface area contributed by atoms with Crippen LogP contribution >= 0.6 is 11.6 Å². The lowest BCUT2D eigenvalue weighted by molar-refractivity contribution is -0.116. The summed E-state index contributed by atoms with van der Waals surface area (Å²) in [7, 11) is 0. The van der Waals surface area contributed by atoms with Crippen molar-refractivity contribution < 1.29 is 9.59 Å². The van der Waals surface area contributed by atoms with E-state index < -0.39 is 5.91 Å². The summed E-state index contributed by atoms with van der Waals surface area (Å²) in [6, 6.07) is 6.41. The van der Waals surface area contributed by atoms with Gasteiger partial charge in [-0.05, 0) is 30.3 Å². The molecule has 0 spiro atoms. The Kier molecular flexibility index (Phi) is 4.99. The molecule has 0 bridgehead atoms. The Balaban J connectivity index is 2.60. The number of hydrogen-bond acceptors (Lipinski definition) is 2. The van der Waals surface area contributed by atoms with Gasteiger partial charge < -0.3 is 5.32 Å². The summed E-state index contributed by atoms with van der Waals surface area (Å²) in [4.78, 5) is 22.7. The molecule has 3 nitrogen and oxygen atoms in total. The summed E-state index contributed by atoms with van der Waals surface area (Å²) in [5.41, 5.74) is 0.468. The van der Waals surface area contributed by atoms with Crippen LogP contribution in [-0.4, -0.2) is 18.2 Å². The smallest absolute Gasteiger partial charge is 0.244 e. The largest absolute Gasteiger partial charge is 0.342 e. The summed E-state index contributed by atoms with van der Waals surface area (Å²) in [6.45, 7) is 0.137. The van der Waals surface area contributed by atoms with Crippen molar-refractivity contribution >= 4 is 23.3 Å². The van der Waals surface area contributed by atoms with E-state index in [9.17, 15) is 9.59 Å². The summed E-state index contributed by atoms with van der Waals surface area (Å²) in [5.74, 6) is 1.59. The number of carbonyl (C=O) groups excluding carboxylic acids is 2. The molecule has 0 heterocycles. The monoisotopic (exact) mass is 247 g/mol. The highest BCUT2D eigenvalue weighted by atomic mass is 35.5. The molecule has 0 aliphatic carbocycles. The number of benzene rings is 1. The SMILES string of the molecule is C#CCNC(=O)/C=C\C(=O)c1ccc(Cl)cc1. The van der Waals surface area contributed by atoms with E-state index in [-0.39, 0.29) is 12.3 Å². The van der Waals surface area contributed by atoms with E-state index in [0.29, 0.717) is 10.6 Å². The van der Waals surface area contributed by atoms with E-state index in [4.69, 9.17) is 18.0 Å². The van der Waals surface area contributed by atoms with Crippen LogP contribution in [0.2, 0.25) is 5.02 Å². The summed E-state index contributed by atoms with van der Waals surface area (Å²) in [6.07, 6.45) is 7.31. The van der Waals surface area contributed by atoms with Crippen molar-refractivity contribution in [2.45, 2.75) is 0 Å². The first-order valence-electron chi connectivity index (χ1n) is 4.83. The number of halogens is 1. The van der Waals surface area contributed by atoms with Crippen LogP contribution in [0.3, 0.4) is 0 Å². The third-order valence-electron chi connectivity index (χ3n) is 1.88. The molecule has 0 radical (unpaired) electrons. The fourth-order valence-corrected chi connectivity index (χ4v) is 1.18. The average molecular weight is 248 g/mol. The van der Waals surface area contributed by atoms with E-state index in [1.807, 2.05) is 0 Å². The predicted molar refractivity (Wildman–Crippen MR) is 66.8 cm³/mol. The average Bonchev–Trinajstić information content (AvgIpc) is 2.34. The third kappa shape index (κ3) is 4.54. The lowest BCUT2D eigenvalue weighted by Gasteiger charge is -1.96. The van der Waals surface area contributed by atoms with E-state index in [1.54, 1.807) is 24.3 Å². The van der Waals surface area contributed by atoms with Crippen molar-refractivity contribution in [3.05, 3.63) is 47.0 Å². The zero-order chi connectivity index (χ0) is 12.7. The van der Waals surface area contributed by atoms with Gasteiger partial charge >= 0.3 is 0 Å². The van der Waals surface area contributed by atoms with Gasteiger partial charge in [0.2, 0.25) is 5.91 Å². The maximum absolute atomic E-state index is 11.6. The minimum absolute atomic E-state index is 0.137. The maximum atomic E-state index is 11.6. The topological polar surface area (TPSA) is 46.2 Å². The van der Waals surface area contributed by atoms with Gasteiger partial charge in [-0.25, -0.2) is 0 Å². The Morgan fingerprint density at radius 2 is 1.94 bits per heavy atom. The van der Waals surface area contributed by atoms with E-state index in [2.05, 4.69) is 11.2 Å². The number of nitrogens with one attached hydrogen (secondary N) is 1. The van der Waals surface area contributed by atoms with Gasteiger partial charge in [0.15, 0.2) is 5.78 Å². The van der Waals surface area contributed by atoms with Gasteiger partial charge in [0.05, 0.1) is 6.54 Å². The fraction of sp³-hybridized carbons (Fsp3) is 0.0769. The van der Waals surface area contributed by atoms with Crippen molar-refractivity contribution in [2.24, 2.45) is 0 Å². The van der Waals surface area contributed by atoms with Crippen molar-refractivity contribution in [3.63, 3.8) is 0 Å². The van der Waals surface area contributed by atoms with Crippen LogP contribution in [0.5, 0.6) is 0 Å². The highest BCUT2D eigenvalue weighted by Crippen LogP contribution is 2.10. The van der Waals surface area contributed by atoms with Crippen LogP contribution in [0.15, 0.2) is 36.4 Å². The number of allylic oxidation sites excluding steroid dienone is 1. The van der Waals surface area contributed by atoms with Crippen LogP contribution in [-0.2, 0) is 4.79 Å². The summed E-state index contributed by atoms with van der Waals surface area (Å²) >= 11 is 5.69. The number of hydrogen-bond donors (Lipinski definition) is 1. The number of terminal acetylenes is 1. The molecule has 0 saturated heterocycles. The van der Waals surface area contributed by atoms with Crippen molar-refractivity contribution in [2.75, 3.05) is 6.54 Å². The molecule has 0 unspecified atom stereocenters. The predicted octanol–water partition coefficient (Wildman–Crippen LogP) is 1.83. The zero-order valence-electron chi connectivity index (χ0n) is 8.94. The van der Waals surface area contributed by atoms with Gasteiger partial charge in [-0.3, -0.25) is 9.59 Å². The van der Waals surface area contributed by atoms with E-state index in [0.717, 1.165) is 6.08 Å². The molecular formula is C13H10ClNO2. The normalized spacial score (nSPS) is 9.88. The number of carbonyl (C=O) groups is 2. The van der Waals surface area contributed by atoms with Gasteiger partial charge in [0, 0.05) is 16.7 Å². The van der Waals surface area contributed by atoms with Gasteiger partial charge in [0.1, 0.15) is 0 Å². The van der Waals surface area contributed by atoms with Gasteiger partial charge in [-0.1, -0.05) is 17.5 Å². The fourth-order valence-electron chi connectivity index (χ4n) is 1.06. The van der Waals surface area contributed by atoms with Crippen LogP contribution in [0, 0.1) is 12.3 Å². The molecule has 4 heteroatoms. The molecule has 0 aliphatic heterocycles. The zero-order valence-corrected chi connectivity index (χ0v) is 9.70. The van der Waals surface area contributed by atoms with Crippen molar-refractivity contribution in [3.8, 4) is 12.3 Å². The number of rotatable bonds is 4. The lowest BCUT2D eigenvalue weighted by atomic mass is 10.1. The molecule has 0 saturated carbocycles. The molecule has 86 valence electrons. The highest BCUT2D eigenvalue weighted by molar-refractivity contribution is 6.30. The minimum Gasteiger partial charge on any atom is -0.342 e. The molecular weight excluding hydrogens is 238 g/mol. The quantitative estimate of drug-likeness (QED) is 0.501. The summed E-state index contributed by atoms with van der Waals surface area (Å²) in [5, 5.41) is 2.97. The van der Waals surface area contributed by atoms with Gasteiger partial charge in [-0.15, -0.1) is 6.42 Å².